The van der Waals surface area contributed by atoms with E-state index in [-0.39, 0.29) is 24.1 Å². The van der Waals surface area contributed by atoms with E-state index < -0.39 is 17.8 Å². The Hall–Kier alpha value is -2.78. The van der Waals surface area contributed by atoms with Gasteiger partial charge in [-0.25, -0.2) is 4.79 Å². The minimum atomic E-state index is -5.13. The molecular weight excluding hydrogens is 379 g/mol. The molecule has 1 aromatic carbocycles. The average Bonchev–Trinajstić information content (AvgIpc) is 2.68. The molecule has 1 aliphatic heterocycles. The first kappa shape index (κ1) is 21.5. The number of hydrogen-bond acceptors (Lipinski definition) is 7. The zero-order valence-corrected chi connectivity index (χ0v) is 16.0. The Morgan fingerprint density at radius 1 is 1.14 bits per heavy atom. The van der Waals surface area contributed by atoms with Gasteiger partial charge in [-0.2, -0.15) is 23.2 Å². The second-order valence-corrected chi connectivity index (χ2v) is 5.70. The highest BCUT2D eigenvalue weighted by molar-refractivity contribution is 6.05. The third kappa shape index (κ3) is 4.05. The van der Waals surface area contributed by atoms with Gasteiger partial charge in [0.25, 0.3) is 6.02 Å². The van der Waals surface area contributed by atoms with Crippen LogP contribution in [0.25, 0.3) is 0 Å². The van der Waals surface area contributed by atoms with E-state index in [0.717, 1.165) is 0 Å². The lowest BCUT2D eigenvalue weighted by molar-refractivity contribution is -0.204. The molecule has 10 heteroatoms. The molecule has 0 spiro atoms. The second kappa shape index (κ2) is 8.49. The zero-order chi connectivity index (χ0) is 20.9. The number of carbonyl (C=O) groups is 1. The summed E-state index contributed by atoms with van der Waals surface area (Å²) < 4.78 is 57.3. The summed E-state index contributed by atoms with van der Waals surface area (Å²) in [6.45, 7) is 5.26. The fourth-order valence-corrected chi connectivity index (χ4v) is 2.49. The molecule has 0 unspecified atom stereocenters. The molecule has 0 bridgehead atoms. The van der Waals surface area contributed by atoms with Gasteiger partial charge in [0, 0.05) is 18.7 Å². The molecule has 2 rings (SSSR count). The van der Waals surface area contributed by atoms with Crippen LogP contribution in [-0.2, 0) is 14.3 Å². The first-order chi connectivity index (χ1) is 13.2. The largest absolute Gasteiger partial charge is 0.497 e. The number of benzene rings is 1. The second-order valence-electron chi connectivity index (χ2n) is 5.70. The maximum Gasteiger partial charge on any atom is 0.446 e. The first-order valence-corrected chi connectivity index (χ1v) is 8.73. The Morgan fingerprint density at radius 3 is 2.21 bits per heavy atom. The number of aliphatic imine (C=N–C) groups is 2. The lowest BCUT2D eigenvalue weighted by Gasteiger charge is -2.33. The van der Waals surface area contributed by atoms with Crippen LogP contribution < -0.4 is 4.74 Å². The number of amidine groups is 1. The van der Waals surface area contributed by atoms with Gasteiger partial charge in [0.1, 0.15) is 5.75 Å². The summed E-state index contributed by atoms with van der Waals surface area (Å²) >= 11 is 0. The van der Waals surface area contributed by atoms with Crippen LogP contribution >= 0.6 is 0 Å². The lowest BCUT2D eigenvalue weighted by Crippen LogP contribution is -2.55. The molecule has 1 aliphatic rings. The van der Waals surface area contributed by atoms with Gasteiger partial charge >= 0.3 is 17.8 Å². The Kier molecular flexibility index (Phi) is 6.52. The molecule has 28 heavy (non-hydrogen) atoms. The highest BCUT2D eigenvalue weighted by atomic mass is 19.4. The molecule has 0 amide bonds. The van der Waals surface area contributed by atoms with Crippen molar-refractivity contribution >= 4 is 17.9 Å². The number of halogens is 3. The fourth-order valence-electron chi connectivity index (χ4n) is 2.49. The molecule has 0 saturated carbocycles. The molecule has 0 N–H and O–H groups in total. The van der Waals surface area contributed by atoms with Gasteiger partial charge in [-0.15, -0.1) is 0 Å². The smallest absolute Gasteiger partial charge is 0.446 e. The van der Waals surface area contributed by atoms with Gasteiger partial charge in [-0.05, 0) is 45.0 Å². The Morgan fingerprint density at radius 2 is 1.75 bits per heavy atom. The van der Waals surface area contributed by atoms with Crippen LogP contribution in [0.1, 0.15) is 26.3 Å². The quantitative estimate of drug-likeness (QED) is 0.686. The van der Waals surface area contributed by atoms with Gasteiger partial charge in [0.05, 0.1) is 13.7 Å². The number of carbonyl (C=O) groups excluding carboxylic acids is 1. The summed E-state index contributed by atoms with van der Waals surface area (Å²) in [5.74, 6) is -1.49. The van der Waals surface area contributed by atoms with Gasteiger partial charge in [-0.3, -0.25) is 0 Å². The van der Waals surface area contributed by atoms with E-state index in [1.807, 2.05) is 0 Å². The van der Waals surface area contributed by atoms with Crippen LogP contribution in [0.15, 0.2) is 34.3 Å². The highest BCUT2D eigenvalue weighted by Crippen LogP contribution is 2.39. The summed E-state index contributed by atoms with van der Waals surface area (Å²) in [5.41, 5.74) is -3.20. The molecule has 0 aliphatic carbocycles. The third-order valence-electron chi connectivity index (χ3n) is 4.04. The van der Waals surface area contributed by atoms with Crippen molar-refractivity contribution in [3.63, 3.8) is 0 Å². The average molecular weight is 401 g/mol. The van der Waals surface area contributed by atoms with Gasteiger partial charge in [0.2, 0.25) is 5.90 Å². The molecule has 1 aromatic rings. The number of methoxy groups -OCH3 is 1. The van der Waals surface area contributed by atoms with Crippen molar-refractivity contribution in [2.45, 2.75) is 32.6 Å². The number of nitrogens with zero attached hydrogens (tertiary/aromatic N) is 3. The van der Waals surface area contributed by atoms with Gasteiger partial charge in [-0.1, -0.05) is 0 Å². The summed E-state index contributed by atoms with van der Waals surface area (Å²) in [5, 5.41) is 0. The molecule has 154 valence electrons. The van der Waals surface area contributed by atoms with Crippen molar-refractivity contribution in [1.82, 2.24) is 4.90 Å². The molecule has 0 radical (unpaired) electrons. The number of hydrogen-bond donors (Lipinski definition) is 0. The number of ether oxygens (including phenoxy) is 3. The standard InChI is InChI=1S/C18H22F3N3O4/c1-5-24(6-2)16-23-17(18(19,20)21,15(25)27-7-3)22-14(28-16)12-8-10-13(26-4)11-9-12/h8-11H,5-7H2,1-4H3/t17-/m0/s1. The number of alkyl halides is 3. The van der Waals surface area contributed by atoms with E-state index in [2.05, 4.69) is 14.7 Å². The van der Waals surface area contributed by atoms with Crippen LogP contribution in [-0.4, -0.2) is 61.4 Å². The van der Waals surface area contributed by atoms with Crippen LogP contribution in [0.2, 0.25) is 0 Å². The van der Waals surface area contributed by atoms with E-state index >= 15 is 0 Å². The van der Waals surface area contributed by atoms with Crippen molar-refractivity contribution in [2.24, 2.45) is 9.98 Å². The van der Waals surface area contributed by atoms with Crippen LogP contribution in [0.5, 0.6) is 5.75 Å². The SMILES string of the molecule is CCOC(=O)[C@]1(C(F)(F)F)N=C(c2ccc(OC)cc2)OC(N(CC)CC)=N1. The molecular formula is C18H22F3N3O4. The predicted molar refractivity (Wildman–Crippen MR) is 96.4 cm³/mol. The van der Waals surface area contributed by atoms with E-state index in [1.165, 1.54) is 31.1 Å². The van der Waals surface area contributed by atoms with Crippen LogP contribution in [0, 0.1) is 0 Å². The maximum absolute atomic E-state index is 14.0. The number of rotatable bonds is 6. The normalized spacial score (nSPS) is 19.2. The molecule has 0 fully saturated rings. The monoisotopic (exact) mass is 401 g/mol. The van der Waals surface area contributed by atoms with E-state index in [9.17, 15) is 18.0 Å². The van der Waals surface area contributed by atoms with Crippen molar-refractivity contribution in [3.8, 4) is 5.75 Å². The predicted octanol–water partition coefficient (Wildman–Crippen LogP) is 2.99. The topological polar surface area (TPSA) is 72.7 Å². The summed E-state index contributed by atoms with van der Waals surface area (Å²) in [6, 6.07) is 5.70. The Bertz CT molecular complexity index is 758. The van der Waals surface area contributed by atoms with E-state index in [4.69, 9.17) is 9.47 Å². The lowest BCUT2D eigenvalue weighted by atomic mass is 10.1. The molecule has 1 heterocycles. The van der Waals surface area contributed by atoms with Crippen molar-refractivity contribution < 1.29 is 32.2 Å². The summed E-state index contributed by atoms with van der Waals surface area (Å²) in [4.78, 5) is 20.9. The minimum absolute atomic E-state index is 0.235. The van der Waals surface area contributed by atoms with Gasteiger partial charge in [0.15, 0.2) is 0 Å². The Labute approximate surface area is 160 Å². The molecule has 1 atom stereocenters. The van der Waals surface area contributed by atoms with Gasteiger partial charge < -0.3 is 19.1 Å². The summed E-state index contributed by atoms with van der Waals surface area (Å²) in [7, 11) is 1.46. The van der Waals surface area contributed by atoms with E-state index in [0.29, 0.717) is 18.8 Å². The highest BCUT2D eigenvalue weighted by Gasteiger charge is 2.65. The summed E-state index contributed by atoms with van der Waals surface area (Å²) in [6.07, 6.45) is -5.13. The molecule has 7 nitrogen and oxygen atoms in total. The zero-order valence-electron chi connectivity index (χ0n) is 16.0. The fraction of sp³-hybridized carbons (Fsp3) is 0.500. The van der Waals surface area contributed by atoms with Crippen LogP contribution in [0.4, 0.5) is 13.2 Å². The molecule has 0 aromatic heterocycles. The minimum Gasteiger partial charge on any atom is -0.497 e. The van der Waals surface area contributed by atoms with Crippen molar-refractivity contribution in [3.05, 3.63) is 29.8 Å². The maximum atomic E-state index is 14.0. The van der Waals surface area contributed by atoms with E-state index in [1.54, 1.807) is 26.0 Å². The Balaban J connectivity index is 2.66. The van der Waals surface area contributed by atoms with Crippen molar-refractivity contribution in [1.29, 1.82) is 0 Å². The van der Waals surface area contributed by atoms with Crippen molar-refractivity contribution in [2.75, 3.05) is 26.8 Å². The third-order valence-corrected chi connectivity index (χ3v) is 4.04. The first-order valence-electron chi connectivity index (χ1n) is 8.73. The van der Waals surface area contributed by atoms with Crippen LogP contribution in [0.3, 0.4) is 0 Å². The number of esters is 1. The molecule has 0 saturated heterocycles.